The van der Waals surface area contributed by atoms with Crippen LogP contribution in [0.5, 0.6) is 5.75 Å². The van der Waals surface area contributed by atoms with Crippen LogP contribution in [0.1, 0.15) is 5.56 Å². The normalized spacial score (nSPS) is 11.7. The standard InChI is InChI=1S/C15H15NO3S/c1-19-14-7-3-12(4-8-14)11-16-13-5-9-15(10-6-13)20(2,17)18/h3-11H,1-2H3. The molecule has 0 fully saturated rings. The van der Waals surface area contributed by atoms with Crippen LogP contribution >= 0.6 is 0 Å². The van der Waals surface area contributed by atoms with Crippen molar-refractivity contribution in [3.8, 4) is 5.75 Å². The predicted molar refractivity (Wildman–Crippen MR) is 79.8 cm³/mol. The van der Waals surface area contributed by atoms with Crippen molar-refractivity contribution < 1.29 is 13.2 Å². The molecule has 0 unspecified atom stereocenters. The van der Waals surface area contributed by atoms with Crippen molar-refractivity contribution in [2.24, 2.45) is 4.99 Å². The topological polar surface area (TPSA) is 55.7 Å². The van der Waals surface area contributed by atoms with Crippen LogP contribution in [0.15, 0.2) is 58.4 Å². The molecule has 0 aliphatic rings. The molecule has 20 heavy (non-hydrogen) atoms. The first kappa shape index (κ1) is 14.3. The van der Waals surface area contributed by atoms with Gasteiger partial charge >= 0.3 is 0 Å². The van der Waals surface area contributed by atoms with E-state index in [9.17, 15) is 8.42 Å². The monoisotopic (exact) mass is 289 g/mol. The van der Waals surface area contributed by atoms with Gasteiger partial charge in [0, 0.05) is 12.5 Å². The maximum Gasteiger partial charge on any atom is 0.175 e. The fourth-order valence-electron chi connectivity index (χ4n) is 1.62. The Kier molecular flexibility index (Phi) is 4.20. The first-order chi connectivity index (χ1) is 9.49. The molecule has 2 aromatic carbocycles. The first-order valence-corrected chi connectivity index (χ1v) is 7.86. The van der Waals surface area contributed by atoms with Crippen LogP contribution in [-0.2, 0) is 9.84 Å². The Labute approximate surface area is 118 Å². The molecule has 0 N–H and O–H groups in total. The zero-order valence-corrected chi connectivity index (χ0v) is 12.1. The highest BCUT2D eigenvalue weighted by atomic mass is 32.2. The molecule has 0 heterocycles. The van der Waals surface area contributed by atoms with Crippen molar-refractivity contribution in [3.05, 3.63) is 54.1 Å². The molecule has 0 aliphatic carbocycles. The highest BCUT2D eigenvalue weighted by Crippen LogP contribution is 2.17. The molecule has 0 spiro atoms. The predicted octanol–water partition coefficient (Wildman–Crippen LogP) is 2.85. The maximum atomic E-state index is 11.3. The molecule has 0 saturated heterocycles. The van der Waals surface area contributed by atoms with Crippen molar-refractivity contribution in [3.63, 3.8) is 0 Å². The summed E-state index contributed by atoms with van der Waals surface area (Å²) >= 11 is 0. The van der Waals surface area contributed by atoms with Crippen LogP contribution in [0.4, 0.5) is 5.69 Å². The maximum absolute atomic E-state index is 11.3. The highest BCUT2D eigenvalue weighted by molar-refractivity contribution is 7.90. The van der Waals surface area contributed by atoms with E-state index in [0.717, 1.165) is 11.3 Å². The largest absolute Gasteiger partial charge is 0.497 e. The molecule has 0 aliphatic heterocycles. The van der Waals surface area contributed by atoms with Crippen molar-refractivity contribution in [2.45, 2.75) is 4.90 Å². The van der Waals surface area contributed by atoms with Gasteiger partial charge in [-0.1, -0.05) is 0 Å². The minimum Gasteiger partial charge on any atom is -0.497 e. The lowest BCUT2D eigenvalue weighted by Gasteiger charge is -2.00. The average molecular weight is 289 g/mol. The van der Waals surface area contributed by atoms with Crippen molar-refractivity contribution in [1.29, 1.82) is 0 Å². The summed E-state index contributed by atoms with van der Waals surface area (Å²) in [5.41, 5.74) is 1.64. The van der Waals surface area contributed by atoms with E-state index in [1.807, 2.05) is 24.3 Å². The van der Waals surface area contributed by atoms with Gasteiger partial charge in [0.1, 0.15) is 5.75 Å². The van der Waals surface area contributed by atoms with E-state index in [4.69, 9.17) is 4.74 Å². The first-order valence-electron chi connectivity index (χ1n) is 5.97. The smallest absolute Gasteiger partial charge is 0.175 e. The minimum absolute atomic E-state index is 0.292. The Morgan fingerprint density at radius 1 is 1.00 bits per heavy atom. The highest BCUT2D eigenvalue weighted by Gasteiger charge is 2.05. The summed E-state index contributed by atoms with van der Waals surface area (Å²) in [4.78, 5) is 4.59. The van der Waals surface area contributed by atoms with Gasteiger partial charge in [-0.15, -0.1) is 0 Å². The summed E-state index contributed by atoms with van der Waals surface area (Å²) in [6, 6.07) is 14.0. The average Bonchev–Trinajstić information content (AvgIpc) is 2.45. The van der Waals surface area contributed by atoms with Crippen molar-refractivity contribution >= 4 is 21.7 Å². The van der Waals surface area contributed by atoms with E-state index in [0.29, 0.717) is 10.6 Å². The Bertz CT molecular complexity index is 702. The molecular weight excluding hydrogens is 274 g/mol. The van der Waals surface area contributed by atoms with E-state index in [2.05, 4.69) is 4.99 Å². The fraction of sp³-hybridized carbons (Fsp3) is 0.133. The van der Waals surface area contributed by atoms with Crippen LogP contribution in [0.25, 0.3) is 0 Å². The SMILES string of the molecule is COc1ccc(C=Nc2ccc(S(C)(=O)=O)cc2)cc1. The number of benzene rings is 2. The number of methoxy groups -OCH3 is 1. The summed E-state index contributed by atoms with van der Waals surface area (Å²) in [5.74, 6) is 0.791. The minimum atomic E-state index is -3.16. The molecule has 5 heteroatoms. The van der Waals surface area contributed by atoms with E-state index >= 15 is 0 Å². The van der Waals surface area contributed by atoms with Gasteiger partial charge in [-0.05, 0) is 54.1 Å². The van der Waals surface area contributed by atoms with E-state index in [-0.39, 0.29) is 0 Å². The number of ether oxygens (including phenoxy) is 1. The molecule has 0 aromatic heterocycles. The number of aliphatic imine (C=N–C) groups is 1. The van der Waals surface area contributed by atoms with E-state index in [1.54, 1.807) is 37.6 Å². The molecule has 0 atom stereocenters. The number of hydrogen-bond acceptors (Lipinski definition) is 4. The third-order valence-corrected chi connectivity index (χ3v) is 3.87. The van der Waals surface area contributed by atoms with Crippen LogP contribution in [0.2, 0.25) is 0 Å². The van der Waals surface area contributed by atoms with Gasteiger partial charge in [0.05, 0.1) is 17.7 Å². The quantitative estimate of drug-likeness (QED) is 0.813. The summed E-state index contributed by atoms with van der Waals surface area (Å²) < 4.78 is 27.7. The van der Waals surface area contributed by atoms with Crippen molar-refractivity contribution in [2.75, 3.05) is 13.4 Å². The second-order valence-electron chi connectivity index (χ2n) is 4.30. The third-order valence-electron chi connectivity index (χ3n) is 2.74. The third kappa shape index (κ3) is 3.68. The molecule has 0 amide bonds. The van der Waals surface area contributed by atoms with Crippen LogP contribution in [-0.4, -0.2) is 28.0 Å². The molecule has 0 radical (unpaired) electrons. The Morgan fingerprint density at radius 2 is 1.60 bits per heavy atom. The second-order valence-corrected chi connectivity index (χ2v) is 6.31. The lowest BCUT2D eigenvalue weighted by atomic mass is 10.2. The van der Waals surface area contributed by atoms with Gasteiger partial charge in [0.15, 0.2) is 9.84 Å². The summed E-state index contributed by atoms with van der Waals surface area (Å²) in [6.07, 6.45) is 2.90. The Balaban J connectivity index is 2.14. The second kappa shape index (κ2) is 5.88. The Hall–Kier alpha value is -2.14. The van der Waals surface area contributed by atoms with Crippen LogP contribution in [0.3, 0.4) is 0 Å². The number of hydrogen-bond donors (Lipinski definition) is 0. The van der Waals surface area contributed by atoms with E-state index in [1.165, 1.54) is 6.26 Å². The molecule has 2 rings (SSSR count). The Morgan fingerprint density at radius 3 is 2.10 bits per heavy atom. The van der Waals surface area contributed by atoms with E-state index < -0.39 is 9.84 Å². The van der Waals surface area contributed by atoms with Gasteiger partial charge in [-0.25, -0.2) is 8.42 Å². The summed E-state index contributed by atoms with van der Waals surface area (Å²) in [7, 11) is -1.54. The number of nitrogens with zero attached hydrogens (tertiary/aromatic N) is 1. The zero-order chi connectivity index (χ0) is 14.6. The molecular formula is C15H15NO3S. The molecule has 104 valence electrons. The van der Waals surface area contributed by atoms with Crippen LogP contribution in [0, 0.1) is 0 Å². The summed E-state index contributed by atoms with van der Waals surface area (Å²) in [6.45, 7) is 0. The molecule has 4 nitrogen and oxygen atoms in total. The van der Waals surface area contributed by atoms with Crippen molar-refractivity contribution in [1.82, 2.24) is 0 Å². The summed E-state index contributed by atoms with van der Waals surface area (Å²) in [5, 5.41) is 0. The molecule has 0 bridgehead atoms. The number of rotatable bonds is 4. The lowest BCUT2D eigenvalue weighted by molar-refractivity contribution is 0.415. The van der Waals surface area contributed by atoms with Gasteiger partial charge in [0.2, 0.25) is 0 Å². The van der Waals surface area contributed by atoms with Gasteiger partial charge in [-0.2, -0.15) is 0 Å². The van der Waals surface area contributed by atoms with Gasteiger partial charge in [0.25, 0.3) is 0 Å². The van der Waals surface area contributed by atoms with Crippen LogP contribution < -0.4 is 4.74 Å². The number of sulfone groups is 1. The van der Waals surface area contributed by atoms with Gasteiger partial charge < -0.3 is 4.74 Å². The van der Waals surface area contributed by atoms with Gasteiger partial charge in [-0.3, -0.25) is 4.99 Å². The fourth-order valence-corrected chi connectivity index (χ4v) is 2.25. The lowest BCUT2D eigenvalue weighted by Crippen LogP contribution is -1.95. The molecule has 0 saturated carbocycles. The molecule has 2 aromatic rings. The zero-order valence-electron chi connectivity index (χ0n) is 11.3.